The van der Waals surface area contributed by atoms with Crippen molar-refractivity contribution in [1.82, 2.24) is 9.97 Å². The average molecular weight is 291 g/mol. The number of benzene rings is 1. The molecule has 1 aromatic heterocycles. The van der Waals surface area contributed by atoms with Gasteiger partial charge in [0.15, 0.2) is 0 Å². The average Bonchev–Trinajstić information content (AvgIpc) is 2.42. The first-order valence-corrected chi connectivity index (χ1v) is 6.40. The Labute approximate surface area is 121 Å². The van der Waals surface area contributed by atoms with Crippen LogP contribution in [0.2, 0.25) is 0 Å². The molecule has 0 spiro atoms. The molecule has 110 valence electrons. The fourth-order valence-corrected chi connectivity index (χ4v) is 2.01. The third kappa shape index (κ3) is 3.39. The van der Waals surface area contributed by atoms with Gasteiger partial charge in [-0.15, -0.1) is 0 Å². The first-order chi connectivity index (χ1) is 9.88. The van der Waals surface area contributed by atoms with E-state index in [1.807, 2.05) is 32.0 Å². The van der Waals surface area contributed by atoms with Crippen LogP contribution in [0.5, 0.6) is 0 Å². The summed E-state index contributed by atoms with van der Waals surface area (Å²) < 4.78 is 25.4. The van der Waals surface area contributed by atoms with E-state index < -0.39 is 18.0 Å². The lowest BCUT2D eigenvalue weighted by Crippen LogP contribution is -2.17. The number of aryl methyl sites for hydroxylation is 3. The van der Waals surface area contributed by atoms with E-state index in [4.69, 9.17) is 0 Å². The van der Waals surface area contributed by atoms with Gasteiger partial charge in [-0.3, -0.25) is 4.79 Å². The molecule has 1 aromatic carbocycles. The second-order valence-corrected chi connectivity index (χ2v) is 4.75. The lowest BCUT2D eigenvalue weighted by Gasteiger charge is -2.11. The van der Waals surface area contributed by atoms with E-state index in [-0.39, 0.29) is 11.5 Å². The van der Waals surface area contributed by atoms with Crippen LogP contribution >= 0.6 is 0 Å². The van der Waals surface area contributed by atoms with Crippen LogP contribution in [-0.2, 0) is 0 Å². The quantitative estimate of drug-likeness (QED) is 0.940. The van der Waals surface area contributed by atoms with Crippen molar-refractivity contribution in [1.29, 1.82) is 0 Å². The van der Waals surface area contributed by atoms with Gasteiger partial charge in [-0.2, -0.15) is 0 Å². The van der Waals surface area contributed by atoms with Crippen molar-refractivity contribution >= 4 is 11.6 Å². The molecular weight excluding hydrogens is 276 g/mol. The number of anilines is 1. The van der Waals surface area contributed by atoms with E-state index in [1.165, 1.54) is 6.92 Å². The van der Waals surface area contributed by atoms with Crippen molar-refractivity contribution in [2.75, 3.05) is 5.32 Å². The van der Waals surface area contributed by atoms with Crippen molar-refractivity contribution in [3.05, 3.63) is 52.6 Å². The maximum absolute atomic E-state index is 12.7. The molecule has 2 aromatic rings. The Hall–Kier alpha value is -2.37. The van der Waals surface area contributed by atoms with E-state index in [0.717, 1.165) is 17.2 Å². The number of para-hydroxylation sites is 1. The van der Waals surface area contributed by atoms with Crippen LogP contribution in [0.1, 0.15) is 39.6 Å². The molecule has 0 bridgehead atoms. The number of nitrogens with zero attached hydrogens (tertiary/aromatic N) is 2. The van der Waals surface area contributed by atoms with E-state index in [2.05, 4.69) is 15.3 Å². The van der Waals surface area contributed by atoms with Crippen LogP contribution in [0.3, 0.4) is 0 Å². The summed E-state index contributed by atoms with van der Waals surface area (Å²) in [5.74, 6) is -0.390. The molecule has 1 heterocycles. The number of nitrogens with one attached hydrogen (secondary N) is 1. The highest BCUT2D eigenvalue weighted by atomic mass is 19.3. The molecule has 0 radical (unpaired) electrons. The molecule has 0 aliphatic carbocycles. The summed E-state index contributed by atoms with van der Waals surface area (Å²) >= 11 is 0. The minimum atomic E-state index is -2.74. The van der Waals surface area contributed by atoms with E-state index >= 15 is 0 Å². The summed E-state index contributed by atoms with van der Waals surface area (Å²) in [5.41, 5.74) is 1.93. The molecule has 0 atom stereocenters. The first-order valence-electron chi connectivity index (χ1n) is 6.40. The topological polar surface area (TPSA) is 54.9 Å². The summed E-state index contributed by atoms with van der Waals surface area (Å²) in [6.45, 7) is 5.19. The Morgan fingerprint density at radius 1 is 1.14 bits per heavy atom. The predicted molar refractivity (Wildman–Crippen MR) is 75.6 cm³/mol. The standard InChI is InChI=1S/C15H15F2N3O/c1-8-5-4-6-9(2)13(8)20-15(21)12-7-11(14(16)17)18-10(3)19-12/h4-7,14H,1-3H3,(H,20,21). The molecule has 0 saturated carbocycles. The zero-order chi connectivity index (χ0) is 15.6. The van der Waals surface area contributed by atoms with Crippen LogP contribution in [0, 0.1) is 20.8 Å². The molecule has 0 saturated heterocycles. The van der Waals surface area contributed by atoms with Gasteiger partial charge in [0.25, 0.3) is 12.3 Å². The molecule has 0 aliphatic heterocycles. The molecule has 2 rings (SSSR count). The Balaban J connectivity index is 2.33. The fourth-order valence-electron chi connectivity index (χ4n) is 2.01. The Bertz CT molecular complexity index is 666. The van der Waals surface area contributed by atoms with Gasteiger partial charge >= 0.3 is 0 Å². The van der Waals surface area contributed by atoms with E-state index in [0.29, 0.717) is 5.69 Å². The summed E-state index contributed by atoms with van der Waals surface area (Å²) in [6, 6.07) is 6.61. The SMILES string of the molecule is Cc1nc(C(=O)Nc2c(C)cccc2C)cc(C(F)F)n1. The highest BCUT2D eigenvalue weighted by Gasteiger charge is 2.16. The van der Waals surface area contributed by atoms with Gasteiger partial charge in [-0.1, -0.05) is 18.2 Å². The monoisotopic (exact) mass is 291 g/mol. The molecule has 1 amide bonds. The van der Waals surface area contributed by atoms with Crippen LogP contribution in [0.4, 0.5) is 14.5 Å². The molecular formula is C15H15F2N3O. The Morgan fingerprint density at radius 2 is 1.76 bits per heavy atom. The normalized spacial score (nSPS) is 10.8. The van der Waals surface area contributed by atoms with Crippen molar-refractivity contribution in [2.45, 2.75) is 27.2 Å². The van der Waals surface area contributed by atoms with Crippen molar-refractivity contribution < 1.29 is 13.6 Å². The zero-order valence-corrected chi connectivity index (χ0v) is 11.9. The summed E-state index contributed by atoms with van der Waals surface area (Å²) in [5, 5.41) is 2.71. The lowest BCUT2D eigenvalue weighted by atomic mass is 10.1. The summed E-state index contributed by atoms with van der Waals surface area (Å²) in [4.78, 5) is 19.7. The largest absolute Gasteiger partial charge is 0.320 e. The number of rotatable bonds is 3. The second kappa shape index (κ2) is 5.95. The molecule has 0 fully saturated rings. The summed E-state index contributed by atoms with van der Waals surface area (Å²) in [6.07, 6.45) is -2.74. The minimum Gasteiger partial charge on any atom is -0.320 e. The maximum Gasteiger partial charge on any atom is 0.280 e. The van der Waals surface area contributed by atoms with Crippen molar-refractivity contribution in [2.24, 2.45) is 0 Å². The number of hydrogen-bond acceptors (Lipinski definition) is 3. The number of carbonyl (C=O) groups excluding carboxylic acids is 1. The number of aromatic nitrogens is 2. The van der Waals surface area contributed by atoms with Crippen LogP contribution < -0.4 is 5.32 Å². The zero-order valence-electron chi connectivity index (χ0n) is 11.9. The van der Waals surface area contributed by atoms with E-state index in [9.17, 15) is 13.6 Å². The Kier molecular flexibility index (Phi) is 4.26. The third-order valence-corrected chi connectivity index (χ3v) is 3.03. The smallest absolute Gasteiger partial charge is 0.280 e. The molecule has 4 nitrogen and oxygen atoms in total. The minimum absolute atomic E-state index is 0.0690. The molecule has 21 heavy (non-hydrogen) atoms. The lowest BCUT2D eigenvalue weighted by molar-refractivity contribution is 0.102. The predicted octanol–water partition coefficient (Wildman–Crippen LogP) is 3.59. The number of carbonyl (C=O) groups is 1. The first kappa shape index (κ1) is 15.0. The van der Waals surface area contributed by atoms with Gasteiger partial charge < -0.3 is 5.32 Å². The summed E-state index contributed by atoms with van der Waals surface area (Å²) in [7, 11) is 0. The highest BCUT2D eigenvalue weighted by Crippen LogP contribution is 2.21. The van der Waals surface area contributed by atoms with Gasteiger partial charge in [0.2, 0.25) is 0 Å². The number of hydrogen-bond donors (Lipinski definition) is 1. The number of alkyl halides is 2. The highest BCUT2D eigenvalue weighted by molar-refractivity contribution is 6.03. The second-order valence-electron chi connectivity index (χ2n) is 4.75. The van der Waals surface area contributed by atoms with Gasteiger partial charge in [0.05, 0.1) is 0 Å². The maximum atomic E-state index is 12.7. The van der Waals surface area contributed by atoms with Gasteiger partial charge in [0.1, 0.15) is 17.2 Å². The molecule has 6 heteroatoms. The molecule has 1 N–H and O–H groups in total. The fraction of sp³-hybridized carbons (Fsp3) is 0.267. The number of halogens is 2. The molecule has 0 unspecified atom stereocenters. The van der Waals surface area contributed by atoms with Crippen LogP contribution in [-0.4, -0.2) is 15.9 Å². The van der Waals surface area contributed by atoms with Gasteiger partial charge in [-0.05, 0) is 38.0 Å². The van der Waals surface area contributed by atoms with Gasteiger partial charge in [0, 0.05) is 5.69 Å². The van der Waals surface area contributed by atoms with Crippen LogP contribution in [0.15, 0.2) is 24.3 Å². The third-order valence-electron chi connectivity index (χ3n) is 3.03. The number of amides is 1. The van der Waals surface area contributed by atoms with Crippen molar-refractivity contribution in [3.63, 3.8) is 0 Å². The van der Waals surface area contributed by atoms with Gasteiger partial charge in [-0.25, -0.2) is 18.7 Å². The van der Waals surface area contributed by atoms with E-state index in [1.54, 1.807) is 0 Å². The van der Waals surface area contributed by atoms with Crippen molar-refractivity contribution in [3.8, 4) is 0 Å². The molecule has 0 aliphatic rings. The van der Waals surface area contributed by atoms with Crippen LogP contribution in [0.25, 0.3) is 0 Å². The Morgan fingerprint density at radius 3 is 2.33 bits per heavy atom.